The summed E-state index contributed by atoms with van der Waals surface area (Å²) in [5, 5.41) is 24.5. The second-order valence-corrected chi connectivity index (χ2v) is 4.59. The first-order chi connectivity index (χ1) is 10.4. The molecule has 1 unspecified atom stereocenters. The van der Waals surface area contributed by atoms with Crippen LogP contribution in [0.1, 0.15) is 6.92 Å². The van der Waals surface area contributed by atoms with E-state index < -0.39 is 44.1 Å². The van der Waals surface area contributed by atoms with Gasteiger partial charge in [0.15, 0.2) is 0 Å². The highest BCUT2D eigenvalue weighted by atomic mass is 35.5. The second-order valence-electron chi connectivity index (χ2n) is 4.19. The van der Waals surface area contributed by atoms with E-state index in [1.165, 1.54) is 0 Å². The van der Waals surface area contributed by atoms with Crippen LogP contribution in [0, 0.1) is 20.2 Å². The van der Waals surface area contributed by atoms with Gasteiger partial charge in [-0.1, -0.05) is 11.6 Å². The molecule has 1 N–H and O–H groups in total. The number of nitrogens with one attached hydrogen (secondary N) is 1. The lowest BCUT2D eigenvalue weighted by Gasteiger charge is -2.25. The Hall–Kier alpha value is -2.62. The molecule has 1 atom stereocenters. The van der Waals surface area contributed by atoms with Crippen LogP contribution in [0.4, 0.5) is 17.1 Å². The van der Waals surface area contributed by atoms with Gasteiger partial charge in [0.1, 0.15) is 5.02 Å². The number of fused-ring (bicyclic) bond motifs is 1. The highest BCUT2D eigenvalue weighted by Gasteiger charge is 2.40. The van der Waals surface area contributed by atoms with Crippen molar-refractivity contribution in [2.24, 2.45) is 0 Å². The third-order valence-electron chi connectivity index (χ3n) is 2.83. The Bertz CT molecular complexity index is 664. The normalized spacial score (nSPS) is 16.0. The van der Waals surface area contributed by atoms with Crippen molar-refractivity contribution in [3.63, 3.8) is 0 Å². The molecule has 0 aromatic heterocycles. The number of anilines is 1. The molecule has 0 aliphatic carbocycles. The van der Waals surface area contributed by atoms with Crippen LogP contribution < -0.4 is 10.1 Å². The summed E-state index contributed by atoms with van der Waals surface area (Å²) in [6, 6.07) is 1.14. The minimum atomic E-state index is -1.15. The quantitative estimate of drug-likeness (QED) is 0.502. The maximum Gasteiger partial charge on any atom is 0.391 e. The number of hydrogen-bond acceptors (Lipinski definition) is 8. The van der Waals surface area contributed by atoms with Crippen LogP contribution in [0.5, 0.6) is 5.75 Å². The number of hydrogen-bond donors (Lipinski definition) is 1. The first-order valence-electron chi connectivity index (χ1n) is 6.09. The number of nitro benzene ring substituents is 2. The fourth-order valence-electron chi connectivity index (χ4n) is 1.96. The average Bonchev–Trinajstić information content (AvgIpc) is 2.44. The molecule has 22 heavy (non-hydrogen) atoms. The van der Waals surface area contributed by atoms with Gasteiger partial charge in [0.25, 0.3) is 0 Å². The molecule has 0 spiro atoms. The average molecular weight is 332 g/mol. The summed E-state index contributed by atoms with van der Waals surface area (Å²) < 4.78 is 10.0. The van der Waals surface area contributed by atoms with E-state index in [2.05, 4.69) is 5.32 Å². The van der Waals surface area contributed by atoms with E-state index in [1.54, 1.807) is 6.92 Å². The van der Waals surface area contributed by atoms with Gasteiger partial charge in [-0.2, -0.15) is 0 Å². The summed E-state index contributed by atoms with van der Waals surface area (Å²) in [5.41, 5.74) is -1.70. The highest BCUT2D eigenvalue weighted by molar-refractivity contribution is 6.33. The third kappa shape index (κ3) is 2.72. The molecule has 2 rings (SSSR count). The largest absolute Gasteiger partial charge is 0.468 e. The fourth-order valence-corrected chi connectivity index (χ4v) is 2.22. The Morgan fingerprint density at radius 3 is 2.64 bits per heavy atom. The topological polar surface area (TPSA) is 134 Å². The number of nitro groups is 2. The lowest BCUT2D eigenvalue weighted by Crippen LogP contribution is -2.39. The molecular formula is C11H10ClN3O7. The number of carbonyl (C=O) groups excluding carboxylic acids is 1. The zero-order chi connectivity index (χ0) is 16.4. The molecule has 0 saturated heterocycles. The molecule has 0 radical (unpaired) electrons. The molecule has 118 valence electrons. The van der Waals surface area contributed by atoms with Crippen molar-refractivity contribution < 1.29 is 24.1 Å². The van der Waals surface area contributed by atoms with Crippen molar-refractivity contribution in [3.05, 3.63) is 31.3 Å². The van der Waals surface area contributed by atoms with Gasteiger partial charge in [-0.3, -0.25) is 20.2 Å². The molecule has 0 saturated carbocycles. The van der Waals surface area contributed by atoms with Gasteiger partial charge in [-0.05, 0) is 13.0 Å². The van der Waals surface area contributed by atoms with Crippen LogP contribution in [0.15, 0.2) is 6.07 Å². The Kier molecular flexibility index (Phi) is 4.31. The number of halogens is 1. The summed E-state index contributed by atoms with van der Waals surface area (Å²) in [4.78, 5) is 31.9. The number of benzene rings is 1. The summed E-state index contributed by atoms with van der Waals surface area (Å²) in [6.45, 7) is 1.70. The molecule has 1 aliphatic rings. The van der Waals surface area contributed by atoms with Gasteiger partial charge in [0.05, 0.1) is 28.7 Å². The van der Waals surface area contributed by atoms with Crippen LogP contribution in [0.25, 0.3) is 0 Å². The van der Waals surface area contributed by atoms with E-state index in [1.807, 2.05) is 0 Å². The van der Waals surface area contributed by atoms with Crippen molar-refractivity contribution >= 4 is 34.6 Å². The highest BCUT2D eigenvalue weighted by Crippen LogP contribution is 2.48. The molecule has 1 aromatic carbocycles. The van der Waals surface area contributed by atoms with E-state index in [0.717, 1.165) is 6.07 Å². The molecular weight excluding hydrogens is 322 g/mol. The summed E-state index contributed by atoms with van der Waals surface area (Å²) >= 11 is 5.72. The Balaban J connectivity index is 2.53. The number of esters is 1. The number of nitrogens with zero attached hydrogens (tertiary/aromatic N) is 2. The standard InChI is InChI=1S/C11H10ClN3O7/c1-2-21-11(16)7-4-13-6-3-5(12)8(14(17)18)9(15(19)20)10(6)22-7/h3,7,13H,2,4H2,1H3. The van der Waals surface area contributed by atoms with E-state index in [0.29, 0.717) is 0 Å². The Morgan fingerprint density at radius 2 is 2.09 bits per heavy atom. The molecule has 1 aliphatic heterocycles. The maximum absolute atomic E-state index is 11.7. The van der Waals surface area contributed by atoms with Gasteiger partial charge in [0, 0.05) is 0 Å². The van der Waals surface area contributed by atoms with Gasteiger partial charge < -0.3 is 14.8 Å². The smallest absolute Gasteiger partial charge is 0.391 e. The lowest BCUT2D eigenvalue weighted by molar-refractivity contribution is -0.423. The first-order valence-corrected chi connectivity index (χ1v) is 6.47. The van der Waals surface area contributed by atoms with Crippen molar-refractivity contribution in [3.8, 4) is 5.75 Å². The summed E-state index contributed by atoms with van der Waals surface area (Å²) in [7, 11) is 0. The van der Waals surface area contributed by atoms with E-state index in [4.69, 9.17) is 21.1 Å². The minimum absolute atomic E-state index is 0.00285. The van der Waals surface area contributed by atoms with Crippen molar-refractivity contribution in [2.45, 2.75) is 13.0 Å². The first kappa shape index (κ1) is 15.8. The molecule has 1 aromatic rings. The van der Waals surface area contributed by atoms with Crippen LogP contribution in [0.2, 0.25) is 5.02 Å². The van der Waals surface area contributed by atoms with E-state index in [-0.39, 0.29) is 18.8 Å². The van der Waals surface area contributed by atoms with Crippen LogP contribution >= 0.6 is 11.6 Å². The number of ether oxygens (including phenoxy) is 2. The molecule has 11 heteroatoms. The fraction of sp³-hybridized carbons (Fsp3) is 0.364. The molecule has 1 heterocycles. The van der Waals surface area contributed by atoms with Crippen molar-refractivity contribution in [1.82, 2.24) is 0 Å². The molecule has 0 amide bonds. The third-order valence-corrected chi connectivity index (χ3v) is 3.12. The van der Waals surface area contributed by atoms with Crippen LogP contribution in [0.3, 0.4) is 0 Å². The summed E-state index contributed by atoms with van der Waals surface area (Å²) in [6.07, 6.45) is -1.15. The van der Waals surface area contributed by atoms with Crippen LogP contribution in [-0.4, -0.2) is 35.1 Å². The molecule has 0 fully saturated rings. The van der Waals surface area contributed by atoms with Crippen molar-refractivity contribution in [2.75, 3.05) is 18.5 Å². The second kappa shape index (κ2) is 6.02. The SMILES string of the molecule is CCOC(=O)C1CNc2cc(Cl)c([N+](=O)[O-])c([N+](=O)[O-])c2O1. The predicted octanol–water partition coefficient (Wildman–Crippen LogP) is 1.89. The van der Waals surface area contributed by atoms with Gasteiger partial charge >= 0.3 is 17.3 Å². The van der Waals surface area contributed by atoms with Crippen molar-refractivity contribution in [1.29, 1.82) is 0 Å². The number of carbonyl (C=O) groups is 1. The Labute approximate surface area is 128 Å². The predicted molar refractivity (Wildman–Crippen MR) is 74.3 cm³/mol. The zero-order valence-electron chi connectivity index (χ0n) is 11.2. The maximum atomic E-state index is 11.7. The monoisotopic (exact) mass is 331 g/mol. The molecule has 0 bridgehead atoms. The summed E-state index contributed by atoms with van der Waals surface area (Å²) in [5.74, 6) is -1.14. The van der Waals surface area contributed by atoms with E-state index in [9.17, 15) is 25.0 Å². The zero-order valence-corrected chi connectivity index (χ0v) is 12.0. The van der Waals surface area contributed by atoms with Gasteiger partial charge in [0.2, 0.25) is 11.9 Å². The lowest BCUT2D eigenvalue weighted by atomic mass is 10.1. The van der Waals surface area contributed by atoms with E-state index >= 15 is 0 Å². The Morgan fingerprint density at radius 1 is 1.45 bits per heavy atom. The van der Waals surface area contributed by atoms with Crippen LogP contribution in [-0.2, 0) is 9.53 Å². The van der Waals surface area contributed by atoms with Gasteiger partial charge in [-0.15, -0.1) is 0 Å². The number of rotatable bonds is 4. The van der Waals surface area contributed by atoms with Gasteiger partial charge in [-0.25, -0.2) is 4.79 Å². The minimum Gasteiger partial charge on any atom is -0.468 e. The molecule has 10 nitrogen and oxygen atoms in total.